The molecule has 130 valence electrons. The minimum Gasteiger partial charge on any atom is -0.238 e. The molecule has 0 aliphatic rings. The zero-order chi connectivity index (χ0) is 18.0. The predicted octanol–water partition coefficient (Wildman–Crippen LogP) is 4.18. The number of benzene rings is 2. The van der Waals surface area contributed by atoms with Crippen LogP contribution in [0.25, 0.3) is 5.69 Å². The highest BCUT2D eigenvalue weighted by Gasteiger charge is 2.13. The van der Waals surface area contributed by atoms with Crippen LogP contribution in [0.4, 0.5) is 0 Å². The standard InChI is InChI=1S/C19H20N2O2S2/c1-14-12-15(2)21(20-14)17-10-8-16(9-11-17)13-24-18-6-4-5-7-19(18)25(3,22)23/h4-12H,13H2,1-3H3. The first-order valence-corrected chi connectivity index (χ1v) is 10.8. The van der Waals surface area contributed by atoms with Crippen LogP contribution >= 0.6 is 11.8 Å². The molecule has 0 saturated carbocycles. The van der Waals surface area contributed by atoms with E-state index in [1.165, 1.54) is 18.0 Å². The SMILES string of the molecule is Cc1cc(C)n(-c2ccc(CSc3ccccc3S(C)(=O)=O)cc2)n1. The molecule has 4 nitrogen and oxygen atoms in total. The number of aryl methyl sites for hydroxylation is 2. The van der Waals surface area contributed by atoms with Crippen LogP contribution in [0, 0.1) is 13.8 Å². The number of thioether (sulfide) groups is 1. The van der Waals surface area contributed by atoms with Gasteiger partial charge in [-0.15, -0.1) is 11.8 Å². The fourth-order valence-corrected chi connectivity index (χ4v) is 4.95. The molecule has 25 heavy (non-hydrogen) atoms. The largest absolute Gasteiger partial charge is 0.238 e. The molecule has 3 aromatic rings. The van der Waals surface area contributed by atoms with Crippen molar-refractivity contribution in [2.24, 2.45) is 0 Å². The van der Waals surface area contributed by atoms with Gasteiger partial charge in [0.1, 0.15) is 0 Å². The van der Waals surface area contributed by atoms with E-state index in [0.29, 0.717) is 10.6 Å². The average molecular weight is 373 g/mol. The first-order chi connectivity index (χ1) is 11.8. The summed E-state index contributed by atoms with van der Waals surface area (Å²) in [5.74, 6) is 0.712. The molecule has 0 saturated heterocycles. The molecular weight excluding hydrogens is 352 g/mol. The van der Waals surface area contributed by atoms with Gasteiger partial charge in [0.05, 0.1) is 16.3 Å². The van der Waals surface area contributed by atoms with Crippen LogP contribution in [-0.4, -0.2) is 24.5 Å². The van der Waals surface area contributed by atoms with Crippen molar-refractivity contribution < 1.29 is 8.42 Å². The van der Waals surface area contributed by atoms with Crippen LogP contribution in [0.2, 0.25) is 0 Å². The molecule has 6 heteroatoms. The lowest BCUT2D eigenvalue weighted by atomic mass is 10.2. The van der Waals surface area contributed by atoms with E-state index >= 15 is 0 Å². The summed E-state index contributed by atoms with van der Waals surface area (Å²) in [6.45, 7) is 4.01. The van der Waals surface area contributed by atoms with Crippen molar-refractivity contribution in [3.63, 3.8) is 0 Å². The lowest BCUT2D eigenvalue weighted by Gasteiger charge is -2.09. The second-order valence-electron chi connectivity index (χ2n) is 6.01. The molecule has 3 rings (SSSR count). The zero-order valence-corrected chi connectivity index (χ0v) is 16.1. The lowest BCUT2D eigenvalue weighted by molar-refractivity contribution is 0.600. The molecule has 1 heterocycles. The molecule has 0 atom stereocenters. The van der Waals surface area contributed by atoms with Crippen molar-refractivity contribution in [3.8, 4) is 5.69 Å². The molecule has 0 N–H and O–H groups in total. The van der Waals surface area contributed by atoms with Crippen molar-refractivity contribution >= 4 is 21.6 Å². The van der Waals surface area contributed by atoms with Crippen LogP contribution in [0.3, 0.4) is 0 Å². The van der Waals surface area contributed by atoms with Gasteiger partial charge in [0.25, 0.3) is 0 Å². The molecule has 0 spiro atoms. The van der Waals surface area contributed by atoms with Crippen molar-refractivity contribution in [1.29, 1.82) is 0 Å². The maximum Gasteiger partial charge on any atom is 0.176 e. The second kappa shape index (κ2) is 7.06. The quantitative estimate of drug-likeness (QED) is 0.630. The Morgan fingerprint density at radius 3 is 2.32 bits per heavy atom. The number of nitrogens with zero attached hydrogens (tertiary/aromatic N) is 2. The van der Waals surface area contributed by atoms with E-state index in [0.717, 1.165) is 27.5 Å². The Hall–Kier alpha value is -2.05. The minimum absolute atomic E-state index is 0.388. The maximum atomic E-state index is 11.9. The number of sulfone groups is 1. The molecule has 0 aliphatic carbocycles. The minimum atomic E-state index is -3.22. The third-order valence-corrected chi connectivity index (χ3v) is 6.26. The van der Waals surface area contributed by atoms with Gasteiger partial charge in [0, 0.05) is 22.6 Å². The van der Waals surface area contributed by atoms with Gasteiger partial charge in [0.15, 0.2) is 9.84 Å². The van der Waals surface area contributed by atoms with Gasteiger partial charge in [-0.3, -0.25) is 0 Å². The van der Waals surface area contributed by atoms with Crippen molar-refractivity contribution in [1.82, 2.24) is 9.78 Å². The van der Waals surface area contributed by atoms with E-state index in [-0.39, 0.29) is 0 Å². The van der Waals surface area contributed by atoms with Gasteiger partial charge < -0.3 is 0 Å². The Kier molecular flexibility index (Phi) is 5.01. The average Bonchev–Trinajstić information content (AvgIpc) is 2.91. The first kappa shape index (κ1) is 17.8. The van der Waals surface area contributed by atoms with E-state index in [9.17, 15) is 8.42 Å². The second-order valence-corrected chi connectivity index (χ2v) is 9.01. The van der Waals surface area contributed by atoms with Gasteiger partial charge >= 0.3 is 0 Å². The lowest BCUT2D eigenvalue weighted by Crippen LogP contribution is -1.99. The van der Waals surface area contributed by atoms with E-state index in [1.54, 1.807) is 12.1 Å². The van der Waals surface area contributed by atoms with E-state index in [4.69, 9.17) is 0 Å². The molecule has 0 fully saturated rings. The van der Waals surface area contributed by atoms with Gasteiger partial charge in [-0.05, 0) is 49.7 Å². The third kappa shape index (κ3) is 4.14. The van der Waals surface area contributed by atoms with Crippen LogP contribution < -0.4 is 0 Å². The summed E-state index contributed by atoms with van der Waals surface area (Å²) < 4.78 is 25.7. The molecule has 0 amide bonds. The highest BCUT2D eigenvalue weighted by atomic mass is 32.2. The Morgan fingerprint density at radius 1 is 1.04 bits per heavy atom. The number of rotatable bonds is 5. The molecule has 0 radical (unpaired) electrons. The monoisotopic (exact) mass is 372 g/mol. The maximum absolute atomic E-state index is 11.9. The molecule has 2 aromatic carbocycles. The van der Waals surface area contributed by atoms with Crippen LogP contribution in [0.1, 0.15) is 17.0 Å². The Bertz CT molecular complexity index is 991. The number of hydrogen-bond donors (Lipinski definition) is 0. The normalized spacial score (nSPS) is 11.6. The third-order valence-electron chi connectivity index (χ3n) is 3.83. The molecule has 1 aromatic heterocycles. The van der Waals surface area contributed by atoms with Crippen molar-refractivity contribution in [2.45, 2.75) is 29.4 Å². The summed E-state index contributed by atoms with van der Waals surface area (Å²) in [7, 11) is -3.22. The molecular formula is C19H20N2O2S2. The van der Waals surface area contributed by atoms with E-state index in [2.05, 4.69) is 17.2 Å². The summed E-state index contributed by atoms with van der Waals surface area (Å²) in [6, 6.07) is 17.4. The highest BCUT2D eigenvalue weighted by molar-refractivity contribution is 7.99. The summed E-state index contributed by atoms with van der Waals surface area (Å²) in [5.41, 5.74) is 4.26. The van der Waals surface area contributed by atoms with Crippen LogP contribution in [0.5, 0.6) is 0 Å². The topological polar surface area (TPSA) is 52.0 Å². The highest BCUT2D eigenvalue weighted by Crippen LogP contribution is 2.29. The summed E-state index contributed by atoms with van der Waals surface area (Å²) in [6.07, 6.45) is 1.25. The summed E-state index contributed by atoms with van der Waals surface area (Å²) >= 11 is 1.53. The van der Waals surface area contributed by atoms with E-state index < -0.39 is 9.84 Å². The Balaban J connectivity index is 1.76. The van der Waals surface area contributed by atoms with Gasteiger partial charge in [-0.1, -0.05) is 24.3 Å². The Labute approximate surface area is 152 Å². The van der Waals surface area contributed by atoms with Crippen LogP contribution in [-0.2, 0) is 15.6 Å². The molecule has 0 bridgehead atoms. The summed E-state index contributed by atoms with van der Waals surface area (Å²) in [4.78, 5) is 1.17. The van der Waals surface area contributed by atoms with Gasteiger partial charge in [0.2, 0.25) is 0 Å². The van der Waals surface area contributed by atoms with Crippen molar-refractivity contribution in [3.05, 3.63) is 71.5 Å². The van der Waals surface area contributed by atoms with Gasteiger partial charge in [-0.2, -0.15) is 5.10 Å². The van der Waals surface area contributed by atoms with Crippen LogP contribution in [0.15, 0.2) is 64.4 Å². The number of aromatic nitrogens is 2. The predicted molar refractivity (Wildman–Crippen MR) is 102 cm³/mol. The Morgan fingerprint density at radius 2 is 1.72 bits per heavy atom. The molecule has 0 unspecified atom stereocenters. The fourth-order valence-electron chi connectivity index (χ4n) is 2.66. The summed E-state index contributed by atoms with van der Waals surface area (Å²) in [5, 5.41) is 4.49. The van der Waals surface area contributed by atoms with E-state index in [1.807, 2.05) is 48.9 Å². The molecule has 0 aliphatic heterocycles. The first-order valence-electron chi connectivity index (χ1n) is 7.89. The van der Waals surface area contributed by atoms with Crippen molar-refractivity contribution in [2.75, 3.05) is 6.26 Å². The smallest absolute Gasteiger partial charge is 0.176 e. The zero-order valence-electron chi connectivity index (χ0n) is 14.4. The fraction of sp³-hybridized carbons (Fsp3) is 0.211. The van der Waals surface area contributed by atoms with Gasteiger partial charge in [-0.25, -0.2) is 13.1 Å². The number of hydrogen-bond acceptors (Lipinski definition) is 4.